The molecule has 0 unspecified atom stereocenters. The highest BCUT2D eigenvalue weighted by molar-refractivity contribution is 7.99. The smallest absolute Gasteiger partial charge is 0.409 e. The van der Waals surface area contributed by atoms with Crippen LogP contribution in [-0.4, -0.2) is 66.2 Å². The summed E-state index contributed by atoms with van der Waals surface area (Å²) in [7, 11) is 0. The zero-order valence-corrected chi connectivity index (χ0v) is 20.5. The molecule has 3 rings (SSSR count). The minimum atomic E-state index is -0.365. The van der Waals surface area contributed by atoms with E-state index in [1.807, 2.05) is 6.07 Å². The van der Waals surface area contributed by atoms with Gasteiger partial charge < -0.3 is 19.9 Å². The molecule has 0 aliphatic carbocycles. The molecule has 1 fully saturated rings. The van der Waals surface area contributed by atoms with Crippen LogP contribution in [-0.2, 0) is 15.3 Å². The predicted octanol–water partition coefficient (Wildman–Crippen LogP) is 4.78. The summed E-state index contributed by atoms with van der Waals surface area (Å²) in [5.41, 5.74) is 1.86. The second-order valence-corrected chi connectivity index (χ2v) is 9.11. The van der Waals surface area contributed by atoms with E-state index in [4.69, 9.17) is 27.9 Å². The molecule has 0 saturated carbocycles. The van der Waals surface area contributed by atoms with Crippen LogP contribution in [0.3, 0.4) is 0 Å². The minimum absolute atomic E-state index is 0.183. The van der Waals surface area contributed by atoms with Gasteiger partial charge in [0.2, 0.25) is 5.91 Å². The van der Waals surface area contributed by atoms with Crippen molar-refractivity contribution < 1.29 is 19.1 Å². The SMILES string of the molecule is CCOC(=O)N1CCN(C(=O)c2ccccc2NC(=O)CSCc2ccc(Cl)c(Cl)c2)CC1. The number of thioether (sulfide) groups is 1. The molecule has 0 atom stereocenters. The fraction of sp³-hybridized carbons (Fsp3) is 0.348. The monoisotopic (exact) mass is 509 g/mol. The molecular formula is C23H25Cl2N3O4S. The number of nitrogens with one attached hydrogen (secondary N) is 1. The number of halogens is 2. The summed E-state index contributed by atoms with van der Waals surface area (Å²) < 4.78 is 5.02. The molecule has 1 heterocycles. The summed E-state index contributed by atoms with van der Waals surface area (Å²) in [4.78, 5) is 40.7. The quantitative estimate of drug-likeness (QED) is 0.580. The Hall–Kier alpha value is -2.42. The maximum absolute atomic E-state index is 13.1. The van der Waals surface area contributed by atoms with E-state index in [1.165, 1.54) is 11.8 Å². The Balaban J connectivity index is 1.54. The molecule has 1 aliphatic rings. The summed E-state index contributed by atoms with van der Waals surface area (Å²) >= 11 is 13.4. The number of ether oxygens (including phenoxy) is 1. The number of anilines is 1. The van der Waals surface area contributed by atoms with Gasteiger partial charge in [-0.3, -0.25) is 9.59 Å². The number of hydrogen-bond acceptors (Lipinski definition) is 5. The number of amides is 3. The first-order valence-electron chi connectivity index (χ1n) is 10.5. The third kappa shape index (κ3) is 7.03. The van der Waals surface area contributed by atoms with Crippen LogP contribution in [0.2, 0.25) is 10.0 Å². The van der Waals surface area contributed by atoms with Crippen LogP contribution in [0.5, 0.6) is 0 Å². The number of benzene rings is 2. The van der Waals surface area contributed by atoms with Crippen molar-refractivity contribution in [2.75, 3.05) is 43.9 Å². The van der Waals surface area contributed by atoms with Crippen molar-refractivity contribution in [1.29, 1.82) is 0 Å². The van der Waals surface area contributed by atoms with Crippen LogP contribution in [0.1, 0.15) is 22.8 Å². The van der Waals surface area contributed by atoms with Crippen LogP contribution in [0.15, 0.2) is 42.5 Å². The average molecular weight is 510 g/mol. The maximum Gasteiger partial charge on any atom is 0.409 e. The van der Waals surface area contributed by atoms with Crippen molar-refractivity contribution in [1.82, 2.24) is 9.80 Å². The van der Waals surface area contributed by atoms with Gasteiger partial charge in [0.1, 0.15) is 0 Å². The zero-order valence-electron chi connectivity index (χ0n) is 18.2. The average Bonchev–Trinajstić information content (AvgIpc) is 2.81. The van der Waals surface area contributed by atoms with Crippen molar-refractivity contribution in [3.63, 3.8) is 0 Å². The minimum Gasteiger partial charge on any atom is -0.450 e. The lowest BCUT2D eigenvalue weighted by atomic mass is 10.1. The van der Waals surface area contributed by atoms with Gasteiger partial charge in [0, 0.05) is 31.9 Å². The largest absolute Gasteiger partial charge is 0.450 e. The van der Waals surface area contributed by atoms with E-state index in [0.29, 0.717) is 59.8 Å². The number of para-hydroxylation sites is 1. The van der Waals surface area contributed by atoms with Crippen molar-refractivity contribution in [3.8, 4) is 0 Å². The molecule has 0 spiro atoms. The Labute approximate surface area is 207 Å². The van der Waals surface area contributed by atoms with Gasteiger partial charge in [0.25, 0.3) is 5.91 Å². The summed E-state index contributed by atoms with van der Waals surface area (Å²) in [6, 6.07) is 12.3. The molecule has 176 valence electrons. The van der Waals surface area contributed by atoms with Crippen molar-refractivity contribution in [3.05, 3.63) is 63.6 Å². The Morgan fingerprint density at radius 1 is 1.00 bits per heavy atom. The molecule has 0 aromatic heterocycles. The van der Waals surface area contributed by atoms with Gasteiger partial charge >= 0.3 is 6.09 Å². The summed E-state index contributed by atoms with van der Waals surface area (Å²) in [5.74, 6) is 0.446. The summed E-state index contributed by atoms with van der Waals surface area (Å²) in [6.07, 6.45) is -0.365. The Morgan fingerprint density at radius 2 is 1.70 bits per heavy atom. The predicted molar refractivity (Wildman–Crippen MR) is 132 cm³/mol. The lowest BCUT2D eigenvalue weighted by Gasteiger charge is -2.34. The van der Waals surface area contributed by atoms with Gasteiger partial charge in [-0.1, -0.05) is 41.4 Å². The first kappa shape index (κ1) is 25.2. The number of carbonyl (C=O) groups excluding carboxylic acids is 3. The van der Waals surface area contributed by atoms with Crippen LogP contribution in [0.25, 0.3) is 0 Å². The number of nitrogens with zero attached hydrogens (tertiary/aromatic N) is 2. The number of hydrogen-bond donors (Lipinski definition) is 1. The van der Waals surface area contributed by atoms with Gasteiger partial charge in [-0.05, 0) is 36.8 Å². The van der Waals surface area contributed by atoms with Crippen molar-refractivity contribution in [2.45, 2.75) is 12.7 Å². The van der Waals surface area contributed by atoms with Gasteiger partial charge in [-0.2, -0.15) is 0 Å². The van der Waals surface area contributed by atoms with Crippen LogP contribution in [0, 0.1) is 0 Å². The third-order valence-corrected chi connectivity index (χ3v) is 6.75. The highest BCUT2D eigenvalue weighted by atomic mass is 35.5. The molecule has 1 saturated heterocycles. The first-order valence-corrected chi connectivity index (χ1v) is 12.4. The van der Waals surface area contributed by atoms with E-state index in [1.54, 1.807) is 53.1 Å². The molecule has 1 aliphatic heterocycles. The van der Waals surface area contributed by atoms with Gasteiger partial charge in [0.05, 0.1) is 33.7 Å². The van der Waals surface area contributed by atoms with Crippen LogP contribution in [0.4, 0.5) is 10.5 Å². The van der Waals surface area contributed by atoms with Crippen molar-refractivity contribution in [2.24, 2.45) is 0 Å². The highest BCUT2D eigenvalue weighted by Crippen LogP contribution is 2.25. The number of carbonyl (C=O) groups is 3. The Morgan fingerprint density at radius 3 is 2.39 bits per heavy atom. The Kier molecular flexibility index (Phi) is 9.29. The second-order valence-electron chi connectivity index (χ2n) is 7.31. The Bertz CT molecular complexity index is 1010. The maximum atomic E-state index is 13.1. The molecule has 3 amide bonds. The van der Waals surface area contributed by atoms with E-state index in [0.717, 1.165) is 5.56 Å². The molecular weight excluding hydrogens is 485 g/mol. The summed E-state index contributed by atoms with van der Waals surface area (Å²) in [6.45, 7) is 3.69. The van der Waals surface area contributed by atoms with Gasteiger partial charge in [-0.25, -0.2) is 4.79 Å². The lowest BCUT2D eigenvalue weighted by Crippen LogP contribution is -2.50. The fourth-order valence-corrected chi connectivity index (χ4v) is 4.43. The molecule has 2 aromatic rings. The number of rotatable bonds is 7. The van der Waals surface area contributed by atoms with E-state index < -0.39 is 0 Å². The molecule has 10 heteroatoms. The number of piperazine rings is 1. The summed E-state index contributed by atoms with van der Waals surface area (Å²) in [5, 5.41) is 3.82. The van der Waals surface area contributed by atoms with E-state index >= 15 is 0 Å². The normalized spacial score (nSPS) is 13.5. The molecule has 0 bridgehead atoms. The molecule has 33 heavy (non-hydrogen) atoms. The van der Waals surface area contributed by atoms with E-state index in [-0.39, 0.29) is 23.7 Å². The molecule has 7 nitrogen and oxygen atoms in total. The van der Waals surface area contributed by atoms with Crippen LogP contribution >= 0.6 is 35.0 Å². The zero-order chi connectivity index (χ0) is 23.8. The van der Waals surface area contributed by atoms with E-state index in [2.05, 4.69) is 5.32 Å². The van der Waals surface area contributed by atoms with Gasteiger partial charge in [-0.15, -0.1) is 11.8 Å². The topological polar surface area (TPSA) is 79.0 Å². The highest BCUT2D eigenvalue weighted by Gasteiger charge is 2.26. The third-order valence-electron chi connectivity index (χ3n) is 5.01. The standard InChI is InChI=1S/C23H25Cl2N3O4S/c1-2-32-23(31)28-11-9-27(10-12-28)22(30)17-5-3-4-6-20(17)26-21(29)15-33-14-16-7-8-18(24)19(25)13-16/h3-8,13H,2,9-12,14-15H2,1H3,(H,26,29). The van der Waals surface area contributed by atoms with Crippen molar-refractivity contribution >= 4 is 58.6 Å². The van der Waals surface area contributed by atoms with E-state index in [9.17, 15) is 14.4 Å². The molecule has 1 N–H and O–H groups in total. The molecule has 0 radical (unpaired) electrons. The lowest BCUT2D eigenvalue weighted by molar-refractivity contribution is -0.113. The fourth-order valence-electron chi connectivity index (χ4n) is 3.33. The first-order chi connectivity index (χ1) is 15.9. The van der Waals surface area contributed by atoms with Crippen LogP contribution < -0.4 is 5.32 Å². The second kappa shape index (κ2) is 12.2. The molecule has 2 aromatic carbocycles. The van der Waals surface area contributed by atoms with Gasteiger partial charge in [0.15, 0.2) is 0 Å².